The molecule has 1 aliphatic rings. The van der Waals surface area contributed by atoms with Crippen molar-refractivity contribution in [1.82, 2.24) is 0 Å². The number of esters is 2. The number of ether oxygens (including phenoxy) is 3. The smallest absolute Gasteiger partial charge is 0.323 e. The fourth-order valence-electron chi connectivity index (χ4n) is 1.93. The van der Waals surface area contributed by atoms with E-state index >= 15 is 0 Å². The lowest BCUT2D eigenvalue weighted by Gasteiger charge is -2.23. The molecule has 0 bridgehead atoms. The first kappa shape index (κ1) is 14.9. The topological polar surface area (TPSA) is 82.1 Å². The maximum atomic E-state index is 11.7. The number of hydrogen-bond acceptors (Lipinski definition) is 6. The molecule has 0 aromatic rings. The van der Waals surface area contributed by atoms with Gasteiger partial charge in [-0.2, -0.15) is 0 Å². The molecule has 1 saturated heterocycles. The quantitative estimate of drug-likeness (QED) is 0.540. The first-order valence-corrected chi connectivity index (χ1v) is 6.20. The van der Waals surface area contributed by atoms with E-state index in [1.54, 1.807) is 13.8 Å². The highest BCUT2D eigenvalue weighted by molar-refractivity contribution is 5.95. The molecule has 6 heteroatoms. The summed E-state index contributed by atoms with van der Waals surface area (Å²) in [6.45, 7) is 4.47. The van der Waals surface area contributed by atoms with Crippen LogP contribution in [0.3, 0.4) is 0 Å². The van der Waals surface area contributed by atoms with Crippen molar-refractivity contribution in [2.75, 3.05) is 26.4 Å². The van der Waals surface area contributed by atoms with Gasteiger partial charge in [-0.15, -0.1) is 0 Å². The molecular weight excluding hydrogens is 240 g/mol. The summed E-state index contributed by atoms with van der Waals surface area (Å²) < 4.78 is 14.8. The van der Waals surface area contributed by atoms with E-state index in [4.69, 9.17) is 14.2 Å². The number of carbonyl (C=O) groups excluding carboxylic acids is 2. The molecule has 1 rings (SSSR count). The summed E-state index contributed by atoms with van der Waals surface area (Å²) in [6.07, 6.45) is -0.498. The predicted octanol–water partition coefficient (Wildman–Crippen LogP) is 0.126. The van der Waals surface area contributed by atoms with Crippen LogP contribution >= 0.6 is 0 Å². The van der Waals surface area contributed by atoms with Crippen LogP contribution in [0.5, 0.6) is 0 Å². The Morgan fingerprint density at radius 1 is 1.28 bits per heavy atom. The lowest BCUT2D eigenvalue weighted by atomic mass is 9.90. The van der Waals surface area contributed by atoms with Gasteiger partial charge in [-0.1, -0.05) is 0 Å². The van der Waals surface area contributed by atoms with Gasteiger partial charge in [0.2, 0.25) is 0 Å². The molecule has 1 aliphatic heterocycles. The van der Waals surface area contributed by atoms with E-state index in [-0.39, 0.29) is 19.1 Å². The second kappa shape index (κ2) is 7.33. The standard InChI is InChI=1S/C12H20O6/c1-3-17-11(14)9(12(15)18-4-2)10(13)8-5-6-16-7-8/h8-10,13H,3-7H2,1-2H3. The van der Waals surface area contributed by atoms with Crippen LogP contribution in [0.2, 0.25) is 0 Å². The summed E-state index contributed by atoms with van der Waals surface area (Å²) in [5.41, 5.74) is 0. The Morgan fingerprint density at radius 2 is 1.83 bits per heavy atom. The van der Waals surface area contributed by atoms with E-state index in [1.165, 1.54) is 0 Å². The maximum absolute atomic E-state index is 11.7. The summed E-state index contributed by atoms with van der Waals surface area (Å²) >= 11 is 0. The van der Waals surface area contributed by atoms with Gasteiger partial charge in [0.1, 0.15) is 0 Å². The van der Waals surface area contributed by atoms with E-state index in [9.17, 15) is 14.7 Å². The molecule has 0 radical (unpaired) electrons. The van der Waals surface area contributed by atoms with E-state index in [0.29, 0.717) is 19.6 Å². The fourth-order valence-corrected chi connectivity index (χ4v) is 1.93. The summed E-state index contributed by atoms with van der Waals surface area (Å²) in [6, 6.07) is 0. The molecule has 1 N–H and O–H groups in total. The van der Waals surface area contributed by atoms with Gasteiger partial charge in [0.15, 0.2) is 5.92 Å². The number of rotatable bonds is 6. The molecule has 0 spiro atoms. The Balaban J connectivity index is 2.74. The molecule has 1 fully saturated rings. The average Bonchev–Trinajstić information content (AvgIpc) is 2.83. The highest BCUT2D eigenvalue weighted by Gasteiger charge is 2.41. The van der Waals surface area contributed by atoms with Crippen molar-refractivity contribution in [1.29, 1.82) is 0 Å². The van der Waals surface area contributed by atoms with Crippen LogP contribution in [0.1, 0.15) is 20.3 Å². The van der Waals surface area contributed by atoms with Gasteiger partial charge in [0, 0.05) is 12.5 Å². The van der Waals surface area contributed by atoms with Crippen LogP contribution in [-0.2, 0) is 23.8 Å². The van der Waals surface area contributed by atoms with Gasteiger partial charge in [0.25, 0.3) is 0 Å². The molecule has 0 amide bonds. The first-order valence-electron chi connectivity index (χ1n) is 6.20. The number of hydrogen-bond donors (Lipinski definition) is 1. The van der Waals surface area contributed by atoms with Gasteiger partial charge in [0.05, 0.1) is 25.9 Å². The molecule has 2 unspecified atom stereocenters. The summed E-state index contributed by atoms with van der Waals surface area (Å²) in [7, 11) is 0. The molecule has 6 nitrogen and oxygen atoms in total. The van der Waals surface area contributed by atoms with Crippen molar-refractivity contribution in [3.63, 3.8) is 0 Å². The zero-order valence-electron chi connectivity index (χ0n) is 10.8. The summed E-state index contributed by atoms with van der Waals surface area (Å²) in [4.78, 5) is 23.5. The van der Waals surface area contributed by atoms with Crippen LogP contribution < -0.4 is 0 Å². The largest absolute Gasteiger partial charge is 0.465 e. The minimum atomic E-state index is -1.28. The molecule has 18 heavy (non-hydrogen) atoms. The van der Waals surface area contributed by atoms with Crippen LogP contribution in [0.15, 0.2) is 0 Å². The van der Waals surface area contributed by atoms with E-state index in [1.807, 2.05) is 0 Å². The minimum absolute atomic E-state index is 0.155. The zero-order chi connectivity index (χ0) is 13.5. The molecule has 0 aromatic heterocycles. The van der Waals surface area contributed by atoms with Crippen LogP contribution in [0.4, 0.5) is 0 Å². The Bertz CT molecular complexity index is 266. The van der Waals surface area contributed by atoms with E-state index in [2.05, 4.69) is 0 Å². The number of aliphatic hydroxyl groups excluding tert-OH is 1. The highest BCUT2D eigenvalue weighted by Crippen LogP contribution is 2.24. The van der Waals surface area contributed by atoms with Crippen molar-refractivity contribution in [2.24, 2.45) is 11.8 Å². The van der Waals surface area contributed by atoms with E-state index < -0.39 is 24.0 Å². The average molecular weight is 260 g/mol. The normalized spacial score (nSPS) is 20.8. The third-order valence-electron chi connectivity index (χ3n) is 2.87. The third-order valence-corrected chi connectivity index (χ3v) is 2.87. The molecule has 0 aromatic carbocycles. The maximum Gasteiger partial charge on any atom is 0.323 e. The van der Waals surface area contributed by atoms with Crippen molar-refractivity contribution >= 4 is 11.9 Å². The first-order chi connectivity index (χ1) is 8.61. The summed E-state index contributed by atoms with van der Waals surface area (Å²) in [5.74, 6) is -2.99. The molecule has 2 atom stereocenters. The van der Waals surface area contributed by atoms with Crippen LogP contribution in [0, 0.1) is 11.8 Å². The van der Waals surface area contributed by atoms with Gasteiger partial charge in [-0.05, 0) is 20.3 Å². The fraction of sp³-hybridized carbons (Fsp3) is 0.833. The third kappa shape index (κ3) is 3.68. The second-order valence-electron chi connectivity index (χ2n) is 4.10. The van der Waals surface area contributed by atoms with Crippen molar-refractivity contribution in [3.05, 3.63) is 0 Å². The number of aliphatic hydroxyl groups is 1. The predicted molar refractivity (Wildman–Crippen MR) is 61.7 cm³/mol. The zero-order valence-corrected chi connectivity index (χ0v) is 10.8. The Labute approximate surface area is 106 Å². The molecular formula is C12H20O6. The van der Waals surface area contributed by atoms with Gasteiger partial charge < -0.3 is 19.3 Å². The monoisotopic (exact) mass is 260 g/mol. The van der Waals surface area contributed by atoms with Gasteiger partial charge >= 0.3 is 11.9 Å². The van der Waals surface area contributed by atoms with Crippen molar-refractivity contribution < 1.29 is 28.9 Å². The second-order valence-corrected chi connectivity index (χ2v) is 4.10. The molecule has 0 aliphatic carbocycles. The summed E-state index contributed by atoms with van der Waals surface area (Å²) in [5, 5.41) is 10.1. The van der Waals surface area contributed by atoms with Gasteiger partial charge in [-0.3, -0.25) is 9.59 Å². The lowest BCUT2D eigenvalue weighted by Crippen LogP contribution is -2.42. The van der Waals surface area contributed by atoms with Crippen LogP contribution in [-0.4, -0.2) is 49.6 Å². The molecule has 1 heterocycles. The van der Waals surface area contributed by atoms with Crippen LogP contribution in [0.25, 0.3) is 0 Å². The lowest BCUT2D eigenvalue weighted by molar-refractivity contribution is -0.168. The minimum Gasteiger partial charge on any atom is -0.465 e. The Morgan fingerprint density at radius 3 is 2.22 bits per heavy atom. The Kier molecular flexibility index (Phi) is 6.07. The van der Waals surface area contributed by atoms with Crippen molar-refractivity contribution in [2.45, 2.75) is 26.4 Å². The highest BCUT2D eigenvalue weighted by atomic mass is 16.6. The SMILES string of the molecule is CCOC(=O)C(C(=O)OCC)C(O)C1CCOC1. The Hall–Kier alpha value is -1.14. The molecule has 0 saturated carbocycles. The molecule has 104 valence electrons. The van der Waals surface area contributed by atoms with E-state index in [0.717, 1.165) is 0 Å². The number of carbonyl (C=O) groups is 2. The van der Waals surface area contributed by atoms with Crippen molar-refractivity contribution in [3.8, 4) is 0 Å². The van der Waals surface area contributed by atoms with Gasteiger partial charge in [-0.25, -0.2) is 0 Å².